The number of amides is 1. The first kappa shape index (κ1) is 21.2. The first-order valence-corrected chi connectivity index (χ1v) is 14.7. The second-order valence-electron chi connectivity index (χ2n) is 8.19. The smallest absolute Gasteiger partial charge is 0.302 e. The quantitative estimate of drug-likeness (QED) is 0.286. The summed E-state index contributed by atoms with van der Waals surface area (Å²) in [6, 6.07) is -0.500. The van der Waals surface area contributed by atoms with E-state index in [1.165, 1.54) is 28.3 Å². The lowest BCUT2D eigenvalue weighted by molar-refractivity contribution is -0.154. The molecule has 2 aromatic rings. The number of nitrogens with one attached hydrogen (secondary N) is 1. The third-order valence-electron chi connectivity index (χ3n) is 4.60. The molecule has 4 heterocycles. The number of aromatic amines is 1. The van der Waals surface area contributed by atoms with Crippen LogP contribution in [0.3, 0.4) is 0 Å². The van der Waals surface area contributed by atoms with E-state index < -0.39 is 19.8 Å². The SMILES string of the molecule is C[Si](C)(C)OC(=O)C1(CSc2nnn(Cc3nn[nH]n3)n2)CS[C@@H]2C(N)C(=O)N2C1. The number of carbonyl (C=O) groups is 2. The fraction of sp³-hybridized carbons (Fsp3) is 0.714. The molecule has 30 heavy (non-hydrogen) atoms. The number of H-pyrrole nitrogens is 1. The number of nitrogens with zero attached hydrogens (tertiary/aromatic N) is 8. The Hall–Kier alpha value is -2.04. The van der Waals surface area contributed by atoms with Gasteiger partial charge in [0.05, 0.1) is 0 Å². The van der Waals surface area contributed by atoms with E-state index in [0.29, 0.717) is 22.5 Å². The fourth-order valence-electron chi connectivity index (χ4n) is 3.12. The molecule has 0 aliphatic carbocycles. The van der Waals surface area contributed by atoms with Crippen LogP contribution < -0.4 is 5.73 Å². The lowest BCUT2D eigenvalue weighted by atomic mass is 9.89. The predicted octanol–water partition coefficient (Wildman–Crippen LogP) is -1.07. The molecule has 3 atom stereocenters. The molecule has 2 aromatic heterocycles. The standard InChI is InChI=1S/C14H22N10O3S2Si/c1-30(2,3)27-12(26)14(5-23-10(25)9(15)11(23)28-6-14)7-29-13-18-22-24(19-13)4-8-16-20-21-17-8/h9,11H,4-7,15H2,1-3H3,(H,16,17,20,21)/t9?,11-,14?/m1/s1. The molecule has 16 heteroatoms. The number of β-lactam (4-membered cyclic amide) rings is 1. The molecule has 0 spiro atoms. The Morgan fingerprint density at radius 1 is 1.43 bits per heavy atom. The average Bonchev–Trinajstić information content (AvgIpc) is 3.36. The van der Waals surface area contributed by atoms with Crippen molar-refractivity contribution < 1.29 is 14.0 Å². The lowest BCUT2D eigenvalue weighted by Crippen LogP contribution is -2.72. The van der Waals surface area contributed by atoms with Gasteiger partial charge in [0.15, 0.2) is 5.82 Å². The van der Waals surface area contributed by atoms with E-state index in [-0.39, 0.29) is 30.3 Å². The summed E-state index contributed by atoms with van der Waals surface area (Å²) in [4.78, 5) is 28.4. The van der Waals surface area contributed by atoms with Gasteiger partial charge in [0.25, 0.3) is 0 Å². The Kier molecular flexibility index (Phi) is 5.58. The highest BCUT2D eigenvalue weighted by molar-refractivity contribution is 8.00. The van der Waals surface area contributed by atoms with Gasteiger partial charge in [-0.25, -0.2) is 0 Å². The van der Waals surface area contributed by atoms with E-state index in [2.05, 4.69) is 36.0 Å². The van der Waals surface area contributed by atoms with E-state index in [4.69, 9.17) is 10.2 Å². The van der Waals surface area contributed by atoms with Crippen molar-refractivity contribution in [2.45, 2.75) is 42.8 Å². The van der Waals surface area contributed by atoms with Crippen molar-refractivity contribution in [2.24, 2.45) is 11.1 Å². The molecule has 0 aromatic carbocycles. The van der Waals surface area contributed by atoms with Crippen LogP contribution in [0.25, 0.3) is 0 Å². The van der Waals surface area contributed by atoms with Crippen LogP contribution in [-0.4, -0.2) is 95.4 Å². The molecule has 2 aliphatic heterocycles. The molecule has 0 bridgehead atoms. The first-order chi connectivity index (χ1) is 14.2. The van der Waals surface area contributed by atoms with Gasteiger partial charge in [-0.05, 0) is 24.9 Å². The number of thioether (sulfide) groups is 2. The van der Waals surface area contributed by atoms with Gasteiger partial charge in [0, 0.05) is 18.1 Å². The zero-order chi connectivity index (χ0) is 21.5. The number of carbonyl (C=O) groups excluding carboxylic acids is 2. The summed E-state index contributed by atoms with van der Waals surface area (Å²) in [6.07, 6.45) is 0. The summed E-state index contributed by atoms with van der Waals surface area (Å²) < 4.78 is 5.83. The van der Waals surface area contributed by atoms with Crippen LogP contribution in [0.2, 0.25) is 19.6 Å². The number of aromatic nitrogens is 8. The zero-order valence-corrected chi connectivity index (χ0v) is 19.3. The molecule has 2 saturated heterocycles. The minimum Gasteiger partial charge on any atom is -0.519 e. The second-order valence-corrected chi connectivity index (χ2v) is 14.7. The molecule has 0 saturated carbocycles. The fourth-order valence-corrected chi connectivity index (χ4v) is 6.46. The van der Waals surface area contributed by atoms with E-state index in [1.54, 1.807) is 4.90 Å². The molecule has 13 nitrogen and oxygen atoms in total. The molecule has 2 unspecified atom stereocenters. The maximum absolute atomic E-state index is 13.2. The summed E-state index contributed by atoms with van der Waals surface area (Å²) in [7, 11) is -2.11. The van der Waals surface area contributed by atoms with Gasteiger partial charge in [0.1, 0.15) is 23.4 Å². The molecule has 2 aliphatic rings. The molecule has 3 N–H and O–H groups in total. The second kappa shape index (κ2) is 7.90. The summed E-state index contributed by atoms with van der Waals surface area (Å²) in [5.41, 5.74) is 5.03. The van der Waals surface area contributed by atoms with Crippen molar-refractivity contribution in [2.75, 3.05) is 18.1 Å². The highest BCUT2D eigenvalue weighted by Crippen LogP contribution is 2.44. The van der Waals surface area contributed by atoms with Crippen LogP contribution in [0.15, 0.2) is 5.16 Å². The highest BCUT2D eigenvalue weighted by atomic mass is 32.2. The van der Waals surface area contributed by atoms with Crippen LogP contribution in [0, 0.1) is 5.41 Å². The van der Waals surface area contributed by atoms with Gasteiger partial charge in [-0.15, -0.1) is 32.2 Å². The van der Waals surface area contributed by atoms with Crippen LogP contribution in [0.1, 0.15) is 5.82 Å². The lowest BCUT2D eigenvalue weighted by Gasteiger charge is -2.53. The predicted molar refractivity (Wildman–Crippen MR) is 110 cm³/mol. The average molecular weight is 471 g/mol. The molecule has 1 amide bonds. The van der Waals surface area contributed by atoms with Crippen LogP contribution in [-0.2, 0) is 20.6 Å². The van der Waals surface area contributed by atoms with Gasteiger partial charge in [0.2, 0.25) is 19.4 Å². The van der Waals surface area contributed by atoms with Crippen molar-refractivity contribution in [3.05, 3.63) is 5.82 Å². The summed E-state index contributed by atoms with van der Waals surface area (Å²) in [5, 5.41) is 26.2. The summed E-state index contributed by atoms with van der Waals surface area (Å²) in [6.45, 7) is 6.38. The Balaban J connectivity index is 1.47. The zero-order valence-electron chi connectivity index (χ0n) is 16.7. The number of hydrogen-bond acceptors (Lipinski definition) is 12. The van der Waals surface area contributed by atoms with Crippen molar-refractivity contribution in [1.29, 1.82) is 0 Å². The monoisotopic (exact) mass is 470 g/mol. The number of rotatable bonds is 7. The Morgan fingerprint density at radius 2 is 2.23 bits per heavy atom. The number of fused-ring (bicyclic) bond motifs is 1. The van der Waals surface area contributed by atoms with Crippen molar-refractivity contribution in [1.82, 2.24) is 45.7 Å². The Morgan fingerprint density at radius 3 is 2.93 bits per heavy atom. The van der Waals surface area contributed by atoms with E-state index in [1.807, 2.05) is 19.6 Å². The molecular weight excluding hydrogens is 448 g/mol. The maximum Gasteiger partial charge on any atom is 0.302 e. The molecular formula is C14H22N10O3S2Si. The highest BCUT2D eigenvalue weighted by Gasteiger charge is 2.56. The van der Waals surface area contributed by atoms with Gasteiger partial charge >= 0.3 is 5.97 Å². The minimum atomic E-state index is -2.11. The van der Waals surface area contributed by atoms with Crippen LogP contribution >= 0.6 is 23.5 Å². The molecule has 0 radical (unpaired) electrons. The van der Waals surface area contributed by atoms with E-state index >= 15 is 0 Å². The number of nitrogens with two attached hydrogens (primary N) is 1. The van der Waals surface area contributed by atoms with Gasteiger partial charge in [-0.3, -0.25) is 9.59 Å². The first-order valence-electron chi connectivity index (χ1n) is 9.21. The van der Waals surface area contributed by atoms with Crippen LogP contribution in [0.5, 0.6) is 0 Å². The topological polar surface area (TPSA) is 171 Å². The Labute approximate surface area is 181 Å². The molecule has 162 valence electrons. The van der Waals surface area contributed by atoms with E-state index in [9.17, 15) is 9.59 Å². The van der Waals surface area contributed by atoms with Crippen LogP contribution in [0.4, 0.5) is 0 Å². The largest absolute Gasteiger partial charge is 0.519 e. The normalized spacial score (nSPS) is 26.3. The van der Waals surface area contributed by atoms with E-state index in [0.717, 1.165) is 0 Å². The third kappa shape index (κ3) is 4.21. The number of hydrogen-bond donors (Lipinski definition) is 2. The number of tetrazole rings is 2. The van der Waals surface area contributed by atoms with Crippen molar-refractivity contribution in [3.63, 3.8) is 0 Å². The molecule has 4 rings (SSSR count). The van der Waals surface area contributed by atoms with Gasteiger partial charge < -0.3 is 15.1 Å². The Bertz CT molecular complexity index is 935. The van der Waals surface area contributed by atoms with Crippen molar-refractivity contribution in [3.8, 4) is 0 Å². The van der Waals surface area contributed by atoms with Crippen molar-refractivity contribution >= 4 is 43.7 Å². The summed E-state index contributed by atoms with van der Waals surface area (Å²) >= 11 is 2.83. The minimum absolute atomic E-state index is 0.0794. The van der Waals surface area contributed by atoms with Gasteiger partial charge in [-0.2, -0.15) is 10.0 Å². The molecule has 2 fully saturated rings. The third-order valence-corrected chi connectivity index (χ3v) is 8.13. The van der Waals surface area contributed by atoms with Gasteiger partial charge in [-0.1, -0.05) is 17.0 Å². The summed E-state index contributed by atoms with van der Waals surface area (Å²) in [5.74, 6) is 0.895. The maximum atomic E-state index is 13.2.